The van der Waals surface area contributed by atoms with Crippen molar-refractivity contribution < 1.29 is 26.7 Å². The molecule has 0 aliphatic heterocycles. The summed E-state index contributed by atoms with van der Waals surface area (Å²) in [6.45, 7) is 3.91. The number of halogens is 2. The maximum atomic E-state index is 13.5. The Morgan fingerprint density at radius 1 is 1.08 bits per heavy atom. The van der Waals surface area contributed by atoms with Crippen molar-refractivity contribution in [1.29, 1.82) is 0 Å². The van der Waals surface area contributed by atoms with Crippen molar-refractivity contribution in [3.05, 3.63) is 82.6 Å². The first-order valence-electron chi connectivity index (χ1n) is 10.9. The molecule has 1 amide bonds. The van der Waals surface area contributed by atoms with E-state index in [1.807, 2.05) is 6.07 Å². The van der Waals surface area contributed by atoms with Crippen molar-refractivity contribution in [2.45, 2.75) is 38.7 Å². The number of hydrogen-bond acceptors (Lipinski definition) is 6. The molecule has 0 aliphatic carbocycles. The number of nitrogens with one attached hydrogen (secondary N) is 1. The van der Waals surface area contributed by atoms with Gasteiger partial charge in [0, 0.05) is 12.1 Å². The molecule has 0 spiro atoms. The predicted octanol–water partition coefficient (Wildman–Crippen LogP) is 3.49. The van der Waals surface area contributed by atoms with Crippen LogP contribution < -0.4 is 11.0 Å². The van der Waals surface area contributed by atoms with Crippen LogP contribution in [0.2, 0.25) is 0 Å². The van der Waals surface area contributed by atoms with Crippen LogP contribution in [0.15, 0.2) is 71.3 Å². The Morgan fingerprint density at radius 2 is 1.78 bits per heavy atom. The zero-order chi connectivity index (χ0) is 26.5. The first-order valence-corrected chi connectivity index (χ1v) is 12.2. The summed E-state index contributed by atoms with van der Waals surface area (Å²) in [5.74, 6) is -0.0482. The summed E-state index contributed by atoms with van der Waals surface area (Å²) in [4.78, 5) is 24.7. The molecule has 0 aliphatic rings. The third-order valence-corrected chi connectivity index (χ3v) is 5.53. The van der Waals surface area contributed by atoms with E-state index in [2.05, 4.69) is 10.4 Å². The molecule has 12 heteroatoms. The molecule has 0 fully saturated rings. The summed E-state index contributed by atoms with van der Waals surface area (Å²) in [6.07, 6.45) is -1.66. The van der Waals surface area contributed by atoms with Crippen molar-refractivity contribution in [2.24, 2.45) is 0 Å². The van der Waals surface area contributed by atoms with Gasteiger partial charge in [-0.05, 0) is 49.6 Å². The second-order valence-corrected chi connectivity index (χ2v) is 9.88. The van der Waals surface area contributed by atoms with E-state index < -0.39 is 52.8 Å². The third kappa shape index (κ3) is 7.35. The van der Waals surface area contributed by atoms with Gasteiger partial charge < -0.3 is 10.1 Å². The van der Waals surface area contributed by atoms with Gasteiger partial charge in [0.05, 0.1) is 18.0 Å². The van der Waals surface area contributed by atoms with Gasteiger partial charge in [-0.2, -0.15) is 13.9 Å². The Balaban J connectivity index is 1.78. The number of thiol groups is 1. The molecule has 0 bridgehead atoms. The number of amides is 1. The van der Waals surface area contributed by atoms with Crippen LogP contribution in [0.3, 0.4) is 0 Å². The van der Waals surface area contributed by atoms with Crippen LogP contribution in [0.1, 0.15) is 26.3 Å². The van der Waals surface area contributed by atoms with Crippen LogP contribution >= 0.6 is 0 Å². The highest BCUT2D eigenvalue weighted by molar-refractivity contribution is 7.71. The smallest absolute Gasteiger partial charge is 0.407 e. The number of carbonyl (C=O) groups is 1. The Hall–Kier alpha value is -3.80. The van der Waals surface area contributed by atoms with E-state index in [4.69, 9.17) is 4.74 Å². The number of hydrogen-bond donors (Lipinski definition) is 2. The van der Waals surface area contributed by atoms with Crippen molar-refractivity contribution in [2.75, 3.05) is 6.54 Å². The van der Waals surface area contributed by atoms with Gasteiger partial charge in [0.2, 0.25) is 0 Å². The van der Waals surface area contributed by atoms with Gasteiger partial charge in [-0.25, -0.2) is 27.3 Å². The summed E-state index contributed by atoms with van der Waals surface area (Å²) in [7, 11) is -2.52. The summed E-state index contributed by atoms with van der Waals surface area (Å²) < 4.78 is 55.9. The third-order valence-electron chi connectivity index (χ3n) is 4.91. The standard InChI is InChI=1S/C24H26F2N4O5S/c1-24(2,3)35-22(31)27-12-19(21(25)26)13-30-23(32)29(15-28-30)20-6-4-5-18(11-20)17-9-7-16(8-10-17)14-36(33)34/h4-11,15,36H,12-14H2,1-3H3,(H,27,31). The fraction of sp³-hybridized carbons (Fsp3) is 0.292. The molecule has 36 heavy (non-hydrogen) atoms. The number of benzene rings is 2. The zero-order valence-electron chi connectivity index (χ0n) is 19.9. The minimum Gasteiger partial charge on any atom is -0.444 e. The van der Waals surface area contributed by atoms with E-state index in [0.717, 1.165) is 15.8 Å². The maximum Gasteiger partial charge on any atom is 0.407 e. The van der Waals surface area contributed by atoms with Crippen molar-refractivity contribution in [3.8, 4) is 16.8 Å². The van der Waals surface area contributed by atoms with Crippen molar-refractivity contribution >= 4 is 16.8 Å². The highest BCUT2D eigenvalue weighted by Gasteiger charge is 2.18. The molecule has 0 radical (unpaired) electrons. The largest absolute Gasteiger partial charge is 0.444 e. The predicted molar refractivity (Wildman–Crippen MR) is 131 cm³/mol. The fourth-order valence-corrected chi connectivity index (χ4v) is 3.77. The van der Waals surface area contributed by atoms with E-state index >= 15 is 0 Å². The number of nitrogens with zero attached hydrogens (tertiary/aromatic N) is 3. The lowest BCUT2D eigenvalue weighted by Crippen LogP contribution is -2.35. The highest BCUT2D eigenvalue weighted by atomic mass is 32.2. The lowest BCUT2D eigenvalue weighted by atomic mass is 10.0. The van der Waals surface area contributed by atoms with Crippen LogP contribution in [0.5, 0.6) is 0 Å². The maximum absolute atomic E-state index is 13.5. The van der Waals surface area contributed by atoms with E-state index in [-0.39, 0.29) is 5.75 Å². The average molecular weight is 521 g/mol. The van der Waals surface area contributed by atoms with Gasteiger partial charge in [0.25, 0.3) is 6.08 Å². The molecule has 1 N–H and O–H groups in total. The molecule has 3 rings (SSSR count). The van der Waals surface area contributed by atoms with E-state index in [0.29, 0.717) is 11.3 Å². The minimum absolute atomic E-state index is 0.0482. The number of carbonyl (C=O) groups excluding carboxylic acids is 1. The van der Waals surface area contributed by atoms with Crippen LogP contribution in [0.4, 0.5) is 13.6 Å². The molecule has 1 aromatic heterocycles. The van der Waals surface area contributed by atoms with E-state index in [1.165, 1.54) is 10.9 Å². The van der Waals surface area contributed by atoms with Gasteiger partial charge in [-0.3, -0.25) is 0 Å². The Morgan fingerprint density at radius 3 is 2.39 bits per heavy atom. The molecular weight excluding hydrogens is 494 g/mol. The monoisotopic (exact) mass is 520 g/mol. The molecule has 0 saturated carbocycles. The second-order valence-electron chi connectivity index (χ2n) is 8.90. The summed E-state index contributed by atoms with van der Waals surface area (Å²) >= 11 is 0. The first-order chi connectivity index (χ1) is 16.9. The zero-order valence-corrected chi connectivity index (χ0v) is 20.8. The van der Waals surface area contributed by atoms with Gasteiger partial charge >= 0.3 is 11.8 Å². The average Bonchev–Trinajstić information content (AvgIpc) is 3.15. The number of alkyl carbamates (subject to hydrolysis) is 1. The molecule has 1 heterocycles. The number of rotatable bonds is 8. The van der Waals surface area contributed by atoms with Crippen LogP contribution in [-0.4, -0.2) is 41.0 Å². The molecule has 2 aromatic carbocycles. The normalized spacial score (nSPS) is 11.4. The quantitative estimate of drug-likeness (QED) is 0.440. The van der Waals surface area contributed by atoms with E-state index in [1.54, 1.807) is 63.2 Å². The molecule has 9 nitrogen and oxygen atoms in total. The summed E-state index contributed by atoms with van der Waals surface area (Å²) in [6, 6.07) is 13.9. The Kier molecular flexibility index (Phi) is 8.41. The topological polar surface area (TPSA) is 112 Å². The summed E-state index contributed by atoms with van der Waals surface area (Å²) in [5.41, 5.74) is 0.788. The van der Waals surface area contributed by atoms with Gasteiger partial charge in [0.1, 0.15) is 22.6 Å². The highest BCUT2D eigenvalue weighted by Crippen LogP contribution is 2.22. The SMILES string of the molecule is CC(C)(C)OC(=O)NCC(Cn1ncn(-c2cccc(-c3ccc(C[SH](=O)=O)cc3)c2)c1=O)=C(F)F. The molecule has 0 unspecified atom stereocenters. The summed E-state index contributed by atoms with van der Waals surface area (Å²) in [5, 5.41) is 6.20. The van der Waals surface area contributed by atoms with Gasteiger partial charge in [-0.1, -0.05) is 36.4 Å². The Bertz CT molecular complexity index is 1390. The van der Waals surface area contributed by atoms with Gasteiger partial charge in [0.15, 0.2) is 0 Å². The van der Waals surface area contributed by atoms with Crippen LogP contribution in [0, 0.1) is 0 Å². The molecular formula is C24H26F2N4O5S. The molecule has 3 aromatic rings. The Labute approximate surface area is 208 Å². The molecule has 0 atom stereocenters. The van der Waals surface area contributed by atoms with Crippen LogP contribution in [0.25, 0.3) is 16.8 Å². The molecule has 0 saturated heterocycles. The second kappa shape index (κ2) is 11.3. The van der Waals surface area contributed by atoms with Crippen LogP contribution in [-0.2, 0) is 27.7 Å². The number of ether oxygens (including phenoxy) is 1. The lowest BCUT2D eigenvalue weighted by molar-refractivity contribution is 0.0531. The first kappa shape index (κ1) is 26.8. The van der Waals surface area contributed by atoms with Crippen molar-refractivity contribution in [1.82, 2.24) is 19.7 Å². The van der Waals surface area contributed by atoms with Crippen molar-refractivity contribution in [3.63, 3.8) is 0 Å². The number of aromatic nitrogens is 3. The minimum atomic E-state index is -2.52. The fourth-order valence-electron chi connectivity index (χ4n) is 3.27. The molecule has 192 valence electrons. The van der Waals surface area contributed by atoms with Gasteiger partial charge in [-0.15, -0.1) is 0 Å². The van der Waals surface area contributed by atoms with E-state index in [9.17, 15) is 26.8 Å². The lowest BCUT2D eigenvalue weighted by Gasteiger charge is -2.19.